The number of rotatable bonds is 4. The molecule has 0 amide bonds. The summed E-state index contributed by atoms with van der Waals surface area (Å²) in [5.74, 6) is -0.256. The molecule has 0 spiro atoms. The van der Waals surface area contributed by atoms with Crippen molar-refractivity contribution in [2.45, 2.75) is 12.8 Å². The minimum absolute atomic E-state index is 0.0322. The molecule has 0 aliphatic carbocycles. The van der Waals surface area contributed by atoms with Gasteiger partial charge in [0.2, 0.25) is 0 Å². The number of unbranched alkanes of at least 4 members (excludes halogenated alkanes) is 1. The molecule has 11 heavy (non-hydrogen) atoms. The van der Waals surface area contributed by atoms with Crippen molar-refractivity contribution in [3.8, 4) is 0 Å². The molecule has 0 saturated carbocycles. The van der Waals surface area contributed by atoms with E-state index in [0.717, 1.165) is 7.11 Å². The van der Waals surface area contributed by atoms with Gasteiger partial charge in [0.05, 0.1) is 5.75 Å². The molecular formula is C5H14O5S. The first kappa shape index (κ1) is 13.4. The lowest BCUT2D eigenvalue weighted by atomic mass is 10.4. The van der Waals surface area contributed by atoms with Crippen LogP contribution in [-0.2, 0) is 10.1 Å². The van der Waals surface area contributed by atoms with Gasteiger partial charge < -0.3 is 10.2 Å². The van der Waals surface area contributed by atoms with Crippen molar-refractivity contribution in [2.24, 2.45) is 0 Å². The quantitative estimate of drug-likeness (QED) is 0.397. The van der Waals surface area contributed by atoms with E-state index < -0.39 is 10.1 Å². The Morgan fingerprint density at radius 2 is 1.64 bits per heavy atom. The molecule has 0 aromatic rings. The van der Waals surface area contributed by atoms with Crippen LogP contribution >= 0.6 is 0 Å². The van der Waals surface area contributed by atoms with Gasteiger partial charge in [-0.1, -0.05) is 0 Å². The van der Waals surface area contributed by atoms with Crippen molar-refractivity contribution in [1.29, 1.82) is 0 Å². The van der Waals surface area contributed by atoms with Crippen LogP contribution in [0.5, 0.6) is 0 Å². The Balaban J connectivity index is 0. The maximum atomic E-state index is 9.98. The van der Waals surface area contributed by atoms with Crippen LogP contribution in [0.15, 0.2) is 0 Å². The number of aliphatic hydroxyl groups is 2. The van der Waals surface area contributed by atoms with Gasteiger partial charge in [-0.15, -0.1) is 0 Å². The van der Waals surface area contributed by atoms with Crippen LogP contribution in [0, 0.1) is 0 Å². The molecule has 0 atom stereocenters. The molecule has 0 heterocycles. The van der Waals surface area contributed by atoms with E-state index >= 15 is 0 Å². The van der Waals surface area contributed by atoms with Gasteiger partial charge in [0, 0.05) is 13.7 Å². The summed E-state index contributed by atoms with van der Waals surface area (Å²) < 4.78 is 28.1. The van der Waals surface area contributed by atoms with Gasteiger partial charge in [0.1, 0.15) is 0 Å². The highest BCUT2D eigenvalue weighted by molar-refractivity contribution is 7.85. The summed E-state index contributed by atoms with van der Waals surface area (Å²) in [4.78, 5) is 0. The Morgan fingerprint density at radius 3 is 1.91 bits per heavy atom. The van der Waals surface area contributed by atoms with Crippen LogP contribution in [0.1, 0.15) is 12.8 Å². The second-order valence-electron chi connectivity index (χ2n) is 1.72. The zero-order chi connectivity index (χ0) is 9.33. The molecule has 0 rings (SSSR count). The largest absolute Gasteiger partial charge is 0.400 e. The highest BCUT2D eigenvalue weighted by Crippen LogP contribution is 1.91. The van der Waals surface area contributed by atoms with Crippen LogP contribution in [0.3, 0.4) is 0 Å². The lowest BCUT2D eigenvalue weighted by molar-refractivity contribution is 0.287. The van der Waals surface area contributed by atoms with Crippen LogP contribution in [0.4, 0.5) is 0 Å². The Kier molecular flexibility index (Phi) is 9.68. The maximum Gasteiger partial charge on any atom is 0.264 e. The molecule has 0 fully saturated rings. The monoisotopic (exact) mass is 186 g/mol. The fourth-order valence-electron chi connectivity index (χ4n) is 0.396. The van der Waals surface area contributed by atoms with E-state index in [-0.39, 0.29) is 12.4 Å². The summed E-state index contributed by atoms with van der Waals surface area (Å²) in [7, 11) is -2.81. The molecule has 0 aromatic carbocycles. The van der Waals surface area contributed by atoms with E-state index in [2.05, 4.69) is 0 Å². The molecule has 70 valence electrons. The van der Waals surface area contributed by atoms with E-state index in [1.165, 1.54) is 0 Å². The molecule has 0 radical (unpaired) electrons. The van der Waals surface area contributed by atoms with Crippen molar-refractivity contribution in [2.75, 3.05) is 19.5 Å². The SMILES string of the molecule is CO.O=S(=O)(O)CCCCO. The Labute approximate surface area is 66.4 Å². The fraction of sp³-hybridized carbons (Fsp3) is 1.00. The highest BCUT2D eigenvalue weighted by atomic mass is 32.2. The summed E-state index contributed by atoms with van der Waals surface area (Å²) in [6.07, 6.45) is 0.731. The molecule has 0 unspecified atom stereocenters. The van der Waals surface area contributed by atoms with Gasteiger partial charge in [-0.2, -0.15) is 8.42 Å². The fourth-order valence-corrected chi connectivity index (χ4v) is 0.965. The first-order valence-corrected chi connectivity index (χ1v) is 4.68. The normalized spacial score (nSPS) is 10.2. The van der Waals surface area contributed by atoms with Crippen LogP contribution in [-0.4, -0.2) is 42.7 Å². The summed E-state index contributed by atoms with van der Waals surface area (Å²) >= 11 is 0. The zero-order valence-corrected chi connectivity index (χ0v) is 7.21. The molecule has 0 aliphatic rings. The van der Waals surface area contributed by atoms with Gasteiger partial charge >= 0.3 is 0 Å². The zero-order valence-electron chi connectivity index (χ0n) is 6.39. The minimum Gasteiger partial charge on any atom is -0.400 e. The van der Waals surface area contributed by atoms with Crippen molar-refractivity contribution in [3.63, 3.8) is 0 Å². The predicted octanol–water partition coefficient (Wildman–Crippen LogP) is -0.745. The van der Waals surface area contributed by atoms with Crippen LogP contribution in [0.2, 0.25) is 0 Å². The van der Waals surface area contributed by atoms with E-state index in [4.69, 9.17) is 14.8 Å². The summed E-state index contributed by atoms with van der Waals surface area (Å²) in [6.45, 7) is -0.0322. The average molecular weight is 186 g/mol. The van der Waals surface area contributed by atoms with E-state index in [1.807, 2.05) is 0 Å². The van der Waals surface area contributed by atoms with Gasteiger partial charge in [0.15, 0.2) is 0 Å². The summed E-state index contributed by atoms with van der Waals surface area (Å²) in [5, 5.41) is 15.2. The Bertz CT molecular complexity index is 150. The Hall–Kier alpha value is -0.170. The third-order valence-corrected chi connectivity index (χ3v) is 1.61. The molecular weight excluding hydrogens is 172 g/mol. The number of hydrogen-bond donors (Lipinski definition) is 3. The van der Waals surface area contributed by atoms with E-state index in [9.17, 15) is 8.42 Å². The van der Waals surface area contributed by atoms with Gasteiger partial charge in [-0.25, -0.2) is 0 Å². The third kappa shape index (κ3) is 17.7. The first-order chi connectivity index (χ1) is 5.06. The summed E-state index contributed by atoms with van der Waals surface area (Å²) in [5.41, 5.74) is 0. The second-order valence-corrected chi connectivity index (χ2v) is 3.29. The van der Waals surface area contributed by atoms with Gasteiger partial charge in [-0.05, 0) is 12.8 Å². The summed E-state index contributed by atoms with van der Waals surface area (Å²) in [6, 6.07) is 0. The van der Waals surface area contributed by atoms with Gasteiger partial charge in [0.25, 0.3) is 10.1 Å². The lowest BCUT2D eigenvalue weighted by Gasteiger charge is -1.92. The number of aliphatic hydroxyl groups excluding tert-OH is 2. The molecule has 5 nitrogen and oxygen atoms in total. The molecule has 0 saturated heterocycles. The first-order valence-electron chi connectivity index (χ1n) is 3.07. The predicted molar refractivity (Wildman–Crippen MR) is 40.9 cm³/mol. The van der Waals surface area contributed by atoms with E-state index in [0.29, 0.717) is 12.8 Å². The molecule has 0 aliphatic heterocycles. The Morgan fingerprint density at radius 1 is 1.18 bits per heavy atom. The minimum atomic E-state index is -3.81. The van der Waals surface area contributed by atoms with Crippen molar-refractivity contribution < 1.29 is 23.2 Å². The van der Waals surface area contributed by atoms with Gasteiger partial charge in [-0.3, -0.25) is 4.55 Å². The van der Waals surface area contributed by atoms with Crippen molar-refractivity contribution >= 4 is 10.1 Å². The standard InChI is InChI=1S/C4H10O4S.CH4O/c5-3-1-2-4-9(6,7)8;1-2/h5H,1-4H2,(H,6,7,8);2H,1H3. The smallest absolute Gasteiger partial charge is 0.264 e. The van der Waals surface area contributed by atoms with Crippen LogP contribution in [0.25, 0.3) is 0 Å². The third-order valence-electron chi connectivity index (χ3n) is 0.810. The highest BCUT2D eigenvalue weighted by Gasteiger charge is 2.01. The topological polar surface area (TPSA) is 94.8 Å². The molecule has 0 bridgehead atoms. The number of hydrogen-bond acceptors (Lipinski definition) is 4. The van der Waals surface area contributed by atoms with Crippen LogP contribution < -0.4 is 0 Å². The molecule has 0 aromatic heterocycles. The van der Waals surface area contributed by atoms with Crippen molar-refractivity contribution in [3.05, 3.63) is 0 Å². The average Bonchev–Trinajstić information content (AvgIpc) is 1.90. The molecule has 6 heteroatoms. The van der Waals surface area contributed by atoms with E-state index in [1.54, 1.807) is 0 Å². The maximum absolute atomic E-state index is 9.98. The second kappa shape index (κ2) is 7.93. The molecule has 3 N–H and O–H groups in total. The lowest BCUT2D eigenvalue weighted by Crippen LogP contribution is -2.03. The van der Waals surface area contributed by atoms with Crippen molar-refractivity contribution in [1.82, 2.24) is 0 Å².